The van der Waals surface area contributed by atoms with Gasteiger partial charge in [0.1, 0.15) is 70.6 Å². The largest absolute Gasteiger partial charge is 0.455 e. The van der Waals surface area contributed by atoms with Gasteiger partial charge in [-0.25, -0.2) is 13.7 Å². The number of pyridine rings is 2. The summed E-state index contributed by atoms with van der Waals surface area (Å²) in [6.07, 6.45) is 3.65. The van der Waals surface area contributed by atoms with Crippen molar-refractivity contribution in [1.82, 2.24) is 9.55 Å². The average Bonchev–Trinajstić information content (AvgIpc) is 1.65. The number of hydrogen-bond donors (Lipinski definition) is 0. The molecule has 23 aromatic rings. The molecule has 0 unspecified atom stereocenters. The fourth-order valence-corrected chi connectivity index (χ4v) is 18.6. The van der Waals surface area contributed by atoms with E-state index in [0.717, 1.165) is 122 Å². The molecule has 15 aromatic carbocycles. The van der Waals surface area contributed by atoms with Crippen LogP contribution >= 0.6 is 0 Å². The summed E-state index contributed by atoms with van der Waals surface area (Å²) in [5.74, 6) is 0.485. The summed E-state index contributed by atoms with van der Waals surface area (Å²) in [5, 5.41) is 21.4. The summed E-state index contributed by atoms with van der Waals surface area (Å²) < 4.78 is 45.7. The molecule has 0 N–H and O–H groups in total. The van der Waals surface area contributed by atoms with E-state index in [0.29, 0.717) is 0 Å². The number of fused-ring (bicyclic) bond motifs is 19. The highest BCUT2D eigenvalue weighted by Crippen LogP contribution is 2.46. The molecule has 0 aliphatic carbocycles. The van der Waals surface area contributed by atoms with Crippen LogP contribution in [0.4, 0.5) is 0 Å². The number of furan rings is 4. The lowest BCUT2D eigenvalue weighted by molar-refractivity contribution is -0.663. The predicted octanol–water partition coefficient (Wildman–Crippen LogP) is 26.4. The lowest BCUT2D eigenvalue weighted by atomic mass is 9.94. The molecule has 0 fully saturated rings. The molecular formula is C108H90N6O4+4. The highest BCUT2D eigenvalue weighted by molar-refractivity contribution is 6.18. The van der Waals surface area contributed by atoms with Crippen LogP contribution in [0, 0.1) is 48.5 Å². The van der Waals surface area contributed by atoms with Gasteiger partial charge in [-0.3, -0.25) is 0 Å². The Hall–Kier alpha value is -14.1. The third kappa shape index (κ3) is 11.9. The molecule has 0 spiro atoms. The molecule has 572 valence electrons. The SMILES string of the molecule is Cc1cc2c(oc3cc4ccccc4cc32)c(-c2ccc3c(C)cccc3[n+]2C)c1C.Cc1ccc2c(oc3cc4ccccc4cc32)c1-c1ccnc[n+]1C.Cc1ccc2c(oc3cc4ccccc4cc32)c1-c1n(C)c2ccccc2[n+]1C.[2H]C(C)(C)c1cccc2c1ccc(-c1c(C)c(C)cc3c1oc1cc4ccccc4cc13)[n+]2C. The van der Waals surface area contributed by atoms with Crippen molar-refractivity contribution in [2.45, 2.75) is 68.2 Å². The number of imidazole rings is 1. The Morgan fingerprint density at radius 2 is 0.695 bits per heavy atom. The van der Waals surface area contributed by atoms with Gasteiger partial charge in [-0.15, -0.1) is 0 Å². The summed E-state index contributed by atoms with van der Waals surface area (Å²) >= 11 is 0. The number of nitrogens with zero attached hydrogens (tertiary/aromatic N) is 6. The second-order valence-electron chi connectivity index (χ2n) is 32.4. The molecule has 0 aliphatic heterocycles. The van der Waals surface area contributed by atoms with E-state index in [1.54, 1.807) is 0 Å². The molecule has 23 rings (SSSR count). The van der Waals surface area contributed by atoms with Crippen LogP contribution in [-0.2, 0) is 35.2 Å². The van der Waals surface area contributed by atoms with Crippen molar-refractivity contribution in [3.8, 4) is 45.2 Å². The molecule has 8 heterocycles. The molecule has 0 bridgehead atoms. The Balaban J connectivity index is 0.000000102. The van der Waals surface area contributed by atoms with Crippen molar-refractivity contribution in [3.05, 3.63) is 330 Å². The van der Waals surface area contributed by atoms with E-state index in [9.17, 15) is 0 Å². The minimum absolute atomic E-state index is 0.665. The van der Waals surface area contributed by atoms with Crippen molar-refractivity contribution < 1.29 is 37.3 Å². The van der Waals surface area contributed by atoms with Gasteiger partial charge in [0.05, 0.1) is 37.8 Å². The highest BCUT2D eigenvalue weighted by atomic mass is 16.3. The fourth-order valence-electron chi connectivity index (χ4n) is 18.6. The van der Waals surface area contributed by atoms with Crippen molar-refractivity contribution >= 4 is 164 Å². The van der Waals surface area contributed by atoms with E-state index in [-0.39, 0.29) is 0 Å². The van der Waals surface area contributed by atoms with Gasteiger partial charge in [0.15, 0.2) is 16.6 Å². The summed E-state index contributed by atoms with van der Waals surface area (Å²) in [7, 11) is 10.5. The second kappa shape index (κ2) is 28.4. The molecule has 0 amide bonds. The highest BCUT2D eigenvalue weighted by Gasteiger charge is 2.31. The van der Waals surface area contributed by atoms with Crippen LogP contribution in [0.15, 0.2) is 303 Å². The van der Waals surface area contributed by atoms with E-state index in [1.165, 1.54) is 131 Å². The van der Waals surface area contributed by atoms with Crippen LogP contribution in [0.2, 0.25) is 0 Å². The first-order valence-corrected chi connectivity index (χ1v) is 40.6. The Labute approximate surface area is 684 Å². The molecular weight excluding hydrogens is 1450 g/mol. The third-order valence-electron chi connectivity index (χ3n) is 25.1. The van der Waals surface area contributed by atoms with E-state index in [2.05, 4.69) is 367 Å². The zero-order valence-electron chi connectivity index (χ0n) is 70.0. The van der Waals surface area contributed by atoms with Gasteiger partial charge in [0.25, 0.3) is 12.2 Å². The number of aromatic nitrogens is 6. The van der Waals surface area contributed by atoms with Crippen molar-refractivity contribution in [3.63, 3.8) is 0 Å². The maximum absolute atomic E-state index is 8.61. The molecule has 0 saturated heterocycles. The number of para-hydroxylation sites is 2. The van der Waals surface area contributed by atoms with Crippen molar-refractivity contribution in [1.29, 1.82) is 0 Å². The quantitative estimate of drug-likeness (QED) is 0.160. The zero-order chi connectivity index (χ0) is 81.7. The Kier molecular flexibility index (Phi) is 17.3. The van der Waals surface area contributed by atoms with Gasteiger partial charge < -0.3 is 17.7 Å². The molecule has 0 atom stereocenters. The molecule has 8 aromatic heterocycles. The summed E-state index contributed by atoms with van der Waals surface area (Å²) in [6.45, 7) is 19.1. The van der Waals surface area contributed by atoms with Gasteiger partial charge in [-0.2, -0.15) is 9.13 Å². The topological polar surface area (TPSA) is 85.9 Å². The minimum Gasteiger partial charge on any atom is -0.455 e. The van der Waals surface area contributed by atoms with Crippen LogP contribution in [0.25, 0.3) is 209 Å². The number of aryl methyl sites for hydroxylation is 10. The van der Waals surface area contributed by atoms with Crippen LogP contribution < -0.4 is 18.3 Å². The van der Waals surface area contributed by atoms with Gasteiger partial charge in [-0.1, -0.05) is 177 Å². The lowest BCUT2D eigenvalue weighted by Crippen LogP contribution is -2.32. The average molecular weight is 1540 g/mol. The standard InChI is InChI=1S/C31H28NO.C29H24NO.C26H21N2O.C22H17N2O/c1-18(2)23-11-8-12-27-24(23)13-14-28(32(27)5)30-20(4)19(3)15-26-25-16-21-9-6-7-10-22(21)17-29(25)33-31(26)30;1-17-8-7-11-25-22(17)12-13-26(30(25)4)28-19(3)18(2)14-24-23-15-20-9-5-6-10-21(20)16-27(23)31-29(24)28;1-16-12-13-19-20-14-17-8-4-5-9-18(17)15-23(20)29-25(19)24(16)26-27(2)21-10-6-7-11-22(21)28(26)3;1-14-7-8-17-18-11-15-5-3-4-6-16(15)12-20(18)25-22(17)21(14)19-9-10-23-13-24(19)2/h6-18H,1-5H3;5-16H,1-4H3;4-15H,1-3H3;3-13H,1-2H3/q4*+1/i18D;;;. The molecule has 0 saturated carbocycles. The minimum atomic E-state index is -0.665. The molecule has 10 nitrogen and oxygen atoms in total. The van der Waals surface area contributed by atoms with Crippen molar-refractivity contribution in [2.75, 3.05) is 0 Å². The first-order chi connectivity index (χ1) is 57.6. The monoisotopic (exact) mass is 1540 g/mol. The maximum Gasteiger partial charge on any atom is 0.293 e. The van der Waals surface area contributed by atoms with Crippen LogP contribution in [0.1, 0.15) is 65.6 Å². The van der Waals surface area contributed by atoms with Gasteiger partial charge in [0, 0.05) is 85.6 Å². The van der Waals surface area contributed by atoms with E-state index in [4.69, 9.17) is 19.0 Å². The van der Waals surface area contributed by atoms with Gasteiger partial charge in [-0.05, 0) is 227 Å². The summed E-state index contributed by atoms with van der Waals surface area (Å²) in [6, 6.07) is 96.8. The van der Waals surface area contributed by atoms with E-state index < -0.39 is 5.89 Å². The summed E-state index contributed by atoms with van der Waals surface area (Å²) in [5.41, 5.74) is 30.0. The van der Waals surface area contributed by atoms with Crippen molar-refractivity contribution in [2.24, 2.45) is 35.2 Å². The molecule has 0 aliphatic rings. The lowest BCUT2D eigenvalue weighted by Gasteiger charge is -2.12. The maximum atomic E-state index is 8.61. The molecule has 118 heavy (non-hydrogen) atoms. The predicted molar refractivity (Wildman–Crippen MR) is 488 cm³/mol. The van der Waals surface area contributed by atoms with Crippen LogP contribution in [0.5, 0.6) is 0 Å². The Morgan fingerprint density at radius 1 is 0.314 bits per heavy atom. The van der Waals surface area contributed by atoms with Crippen LogP contribution in [-0.4, -0.2) is 9.55 Å². The Morgan fingerprint density at radius 3 is 1.15 bits per heavy atom. The third-order valence-corrected chi connectivity index (χ3v) is 25.1. The zero-order valence-corrected chi connectivity index (χ0v) is 69.0. The fraction of sp³-hybridized carbons (Fsp3) is 0.139. The normalized spacial score (nSPS) is 12.1. The van der Waals surface area contributed by atoms with E-state index in [1.807, 2.05) is 44.1 Å². The first-order valence-electron chi connectivity index (χ1n) is 41.1. The van der Waals surface area contributed by atoms with Gasteiger partial charge in [0.2, 0.25) is 22.4 Å². The van der Waals surface area contributed by atoms with Gasteiger partial charge >= 0.3 is 0 Å². The number of rotatable bonds is 5. The molecule has 0 radical (unpaired) electrons. The number of hydrogen-bond acceptors (Lipinski definition) is 5. The summed E-state index contributed by atoms with van der Waals surface area (Å²) in [4.78, 5) is 4.19. The number of benzene rings is 15. The smallest absolute Gasteiger partial charge is 0.293 e. The first kappa shape index (κ1) is 71.7. The van der Waals surface area contributed by atoms with Crippen LogP contribution in [0.3, 0.4) is 0 Å². The second-order valence-corrected chi connectivity index (χ2v) is 32.4. The molecule has 10 heteroatoms. The Bertz CT molecular complexity index is 8170. The van der Waals surface area contributed by atoms with E-state index >= 15 is 0 Å².